The minimum atomic E-state index is -1.29. The van der Waals surface area contributed by atoms with Gasteiger partial charge in [-0.1, -0.05) is 17.7 Å². The van der Waals surface area contributed by atoms with Crippen LogP contribution >= 0.6 is 22.9 Å². The number of benzene rings is 1. The first-order valence-corrected chi connectivity index (χ1v) is 16.0. The van der Waals surface area contributed by atoms with E-state index in [9.17, 15) is 28.3 Å². The fraction of sp³-hybridized carbons (Fsp3) is 0.516. The van der Waals surface area contributed by atoms with Crippen molar-refractivity contribution in [3.05, 3.63) is 62.2 Å². The van der Waals surface area contributed by atoms with Gasteiger partial charge < -0.3 is 29.5 Å². The number of allylic oxidation sites excluding steroid dienone is 1. The first-order valence-electron chi connectivity index (χ1n) is 14.7. The van der Waals surface area contributed by atoms with Crippen molar-refractivity contribution in [2.45, 2.75) is 77.2 Å². The number of hydrogen-bond acceptors (Lipinski definition) is 10. The summed E-state index contributed by atoms with van der Waals surface area (Å²) in [6, 6.07) is 0.557. The number of amides is 1. The highest BCUT2D eigenvalue weighted by Crippen LogP contribution is 2.42. The molecule has 4 rings (SSSR count). The quantitative estimate of drug-likeness (QED) is 0.232. The molecule has 46 heavy (non-hydrogen) atoms. The lowest BCUT2D eigenvalue weighted by molar-refractivity contribution is -0.150. The second-order valence-electron chi connectivity index (χ2n) is 12.1. The molecule has 1 fully saturated rings. The second-order valence-corrected chi connectivity index (χ2v) is 13.3. The van der Waals surface area contributed by atoms with E-state index in [2.05, 4.69) is 15.3 Å². The van der Waals surface area contributed by atoms with Gasteiger partial charge in [0.2, 0.25) is 0 Å². The van der Waals surface area contributed by atoms with Crippen LogP contribution in [0.25, 0.3) is 0 Å². The number of rotatable bonds is 10. The van der Waals surface area contributed by atoms with Gasteiger partial charge in [0.25, 0.3) is 0 Å². The number of methoxy groups -OCH3 is 1. The van der Waals surface area contributed by atoms with Gasteiger partial charge in [0.1, 0.15) is 17.7 Å². The number of carboxylic acid groups (broad SMARTS) is 1. The van der Waals surface area contributed by atoms with Crippen LogP contribution in [-0.4, -0.2) is 76.9 Å². The van der Waals surface area contributed by atoms with Crippen LogP contribution < -0.4 is 5.32 Å². The number of carbonyl (C=O) groups excluding carboxylic acids is 2. The van der Waals surface area contributed by atoms with Crippen LogP contribution in [0.2, 0.25) is 5.02 Å². The molecule has 2 aromatic rings. The number of hydrogen-bond donors (Lipinski definition) is 2. The van der Waals surface area contributed by atoms with Crippen LogP contribution in [0.1, 0.15) is 70.0 Å². The summed E-state index contributed by atoms with van der Waals surface area (Å²) < 4.78 is 44.9. The van der Waals surface area contributed by atoms with E-state index >= 15 is 0 Å². The zero-order valence-corrected chi connectivity index (χ0v) is 27.7. The predicted octanol–water partition coefficient (Wildman–Crippen LogP) is 5.88. The molecule has 2 aliphatic rings. The molecule has 1 aliphatic heterocycles. The minimum Gasteiger partial charge on any atom is -0.478 e. The Hall–Kier alpha value is -3.62. The van der Waals surface area contributed by atoms with E-state index in [1.807, 2.05) is 0 Å². The molecule has 2 unspecified atom stereocenters. The van der Waals surface area contributed by atoms with Crippen LogP contribution in [0.3, 0.4) is 0 Å². The zero-order chi connectivity index (χ0) is 33.8. The first-order chi connectivity index (χ1) is 21.7. The van der Waals surface area contributed by atoms with E-state index < -0.39 is 52.4 Å². The minimum absolute atomic E-state index is 0.00506. The van der Waals surface area contributed by atoms with E-state index in [1.165, 1.54) is 31.4 Å². The van der Waals surface area contributed by atoms with E-state index in [-0.39, 0.29) is 42.1 Å². The molecule has 1 aromatic carbocycles. The third-order valence-electron chi connectivity index (χ3n) is 7.56. The third kappa shape index (κ3) is 8.39. The zero-order valence-electron chi connectivity index (χ0n) is 26.1. The van der Waals surface area contributed by atoms with Gasteiger partial charge in [-0.15, -0.1) is 11.3 Å². The fourth-order valence-electron chi connectivity index (χ4n) is 5.68. The number of carboxylic acids is 1. The van der Waals surface area contributed by atoms with Gasteiger partial charge in [0.15, 0.2) is 22.5 Å². The van der Waals surface area contributed by atoms with Crippen LogP contribution in [0, 0.1) is 17.6 Å². The van der Waals surface area contributed by atoms with Crippen molar-refractivity contribution in [2.75, 3.05) is 20.3 Å². The fourth-order valence-corrected chi connectivity index (χ4v) is 6.53. The highest BCUT2D eigenvalue weighted by atomic mass is 35.5. The third-order valence-corrected chi connectivity index (χ3v) is 8.72. The molecule has 2 atom stereocenters. The maximum absolute atomic E-state index is 14.6. The number of nitrogens with zero attached hydrogens (tertiary/aromatic N) is 3. The van der Waals surface area contributed by atoms with E-state index in [1.54, 1.807) is 37.2 Å². The normalized spacial score (nSPS) is 20.8. The van der Waals surface area contributed by atoms with Crippen molar-refractivity contribution in [3.8, 4) is 0 Å². The Morgan fingerprint density at radius 3 is 2.46 bits per heavy atom. The van der Waals surface area contributed by atoms with E-state index in [0.29, 0.717) is 36.4 Å². The Labute approximate surface area is 274 Å². The molecule has 0 saturated heterocycles. The molecule has 0 radical (unpaired) electrons. The van der Waals surface area contributed by atoms with Gasteiger partial charge in [-0.2, -0.15) is 0 Å². The lowest BCUT2D eigenvalue weighted by Crippen LogP contribution is -2.50. The van der Waals surface area contributed by atoms with E-state index in [4.69, 9.17) is 25.8 Å². The predicted molar refractivity (Wildman–Crippen MR) is 167 cm³/mol. The summed E-state index contributed by atoms with van der Waals surface area (Å²) in [4.78, 5) is 48.4. The van der Waals surface area contributed by atoms with Crippen LogP contribution in [-0.2, 0) is 23.8 Å². The standard InChI is InChI=1S/C31H37ClF2N4O7S/c1-16(39)44-19(15-43-5)14-38(30(42)45-31(2,3)4)18-8-6-17(7-9-18)25-22(29(40)41)26(20-10-11-21(33)24(34)23(20)32)37-27(36-25)28-35-12-13-46-28/h10-13,17-19,26H,6-9,14-15H2,1-5H3,(H,36,37)(H,40,41). The molecule has 0 spiro atoms. The van der Waals surface area contributed by atoms with Gasteiger partial charge in [-0.25, -0.2) is 23.4 Å². The van der Waals surface area contributed by atoms with Gasteiger partial charge in [-0.05, 0) is 58.4 Å². The summed E-state index contributed by atoms with van der Waals surface area (Å²) in [6.45, 7) is 6.65. The maximum atomic E-state index is 14.6. The maximum Gasteiger partial charge on any atom is 0.410 e. The second kappa shape index (κ2) is 14.9. The van der Waals surface area contributed by atoms with Gasteiger partial charge in [0, 0.05) is 42.9 Å². The number of aliphatic imine (C=N–C) groups is 1. The van der Waals surface area contributed by atoms with Crippen molar-refractivity contribution in [1.82, 2.24) is 15.2 Å². The molecule has 2 heterocycles. The molecule has 0 bridgehead atoms. The van der Waals surface area contributed by atoms with Crippen molar-refractivity contribution < 1.29 is 42.5 Å². The van der Waals surface area contributed by atoms with Crippen LogP contribution in [0.4, 0.5) is 13.6 Å². The highest BCUT2D eigenvalue weighted by Gasteiger charge is 2.40. The smallest absolute Gasteiger partial charge is 0.410 e. The summed E-state index contributed by atoms with van der Waals surface area (Å²) in [5, 5.41) is 15.3. The summed E-state index contributed by atoms with van der Waals surface area (Å²) in [5.41, 5.74) is -0.557. The van der Waals surface area contributed by atoms with Crippen molar-refractivity contribution in [3.63, 3.8) is 0 Å². The largest absolute Gasteiger partial charge is 0.478 e. The number of aliphatic carboxylic acids is 1. The SMILES string of the molecule is COCC(CN(C(=O)OC(C)(C)C)C1CCC(C2=C(C(=O)O)C(c3ccc(F)c(F)c3Cl)N=C(c3nccs3)N2)CC1)OC(C)=O. The van der Waals surface area contributed by atoms with Crippen molar-refractivity contribution in [2.24, 2.45) is 10.9 Å². The number of ether oxygens (including phenoxy) is 3. The Bertz CT molecular complexity index is 1500. The Morgan fingerprint density at radius 2 is 1.89 bits per heavy atom. The van der Waals surface area contributed by atoms with Gasteiger partial charge in [0.05, 0.1) is 23.7 Å². The number of nitrogens with one attached hydrogen (secondary N) is 1. The molecule has 1 aliphatic carbocycles. The molecule has 1 amide bonds. The van der Waals surface area contributed by atoms with Crippen molar-refractivity contribution >= 4 is 46.8 Å². The van der Waals surface area contributed by atoms with Crippen molar-refractivity contribution in [1.29, 1.82) is 0 Å². The average molecular weight is 683 g/mol. The number of thiazole rings is 1. The molecule has 11 nitrogen and oxygen atoms in total. The number of amidine groups is 1. The molecule has 15 heteroatoms. The number of esters is 1. The number of carbonyl (C=O) groups is 3. The lowest BCUT2D eigenvalue weighted by atomic mass is 9.80. The van der Waals surface area contributed by atoms with Crippen LogP contribution in [0.15, 0.2) is 40.0 Å². The Kier molecular flexibility index (Phi) is 11.4. The molecule has 1 saturated carbocycles. The lowest BCUT2D eigenvalue weighted by Gasteiger charge is -2.40. The first kappa shape index (κ1) is 35.2. The summed E-state index contributed by atoms with van der Waals surface area (Å²) in [5.74, 6) is -4.32. The highest BCUT2D eigenvalue weighted by molar-refractivity contribution is 7.11. The Balaban J connectivity index is 1.67. The monoisotopic (exact) mass is 682 g/mol. The Morgan fingerprint density at radius 1 is 1.20 bits per heavy atom. The summed E-state index contributed by atoms with van der Waals surface area (Å²) in [6.07, 6.45) is 2.10. The van der Waals surface area contributed by atoms with Gasteiger partial charge in [-0.3, -0.25) is 9.79 Å². The molecular formula is C31H37ClF2N4O7S. The summed E-state index contributed by atoms with van der Waals surface area (Å²) in [7, 11) is 1.47. The average Bonchev–Trinajstić information content (AvgIpc) is 3.52. The molecular weight excluding hydrogens is 646 g/mol. The van der Waals surface area contributed by atoms with E-state index in [0.717, 1.165) is 6.07 Å². The molecule has 2 N–H and O–H groups in total. The topological polar surface area (TPSA) is 140 Å². The molecule has 1 aromatic heterocycles. The van der Waals surface area contributed by atoms with Gasteiger partial charge >= 0.3 is 18.0 Å². The van der Waals surface area contributed by atoms with Crippen LogP contribution in [0.5, 0.6) is 0 Å². The molecule has 250 valence electrons. The summed E-state index contributed by atoms with van der Waals surface area (Å²) >= 11 is 7.48. The number of aromatic nitrogens is 1. The number of halogens is 3.